The van der Waals surface area contributed by atoms with Gasteiger partial charge in [-0.05, 0) is 54.2 Å². The highest BCUT2D eigenvalue weighted by atomic mass is 32.2. The van der Waals surface area contributed by atoms with Gasteiger partial charge in [0.05, 0.1) is 0 Å². The van der Waals surface area contributed by atoms with Crippen molar-refractivity contribution in [1.29, 1.82) is 0 Å². The zero-order valence-electron chi connectivity index (χ0n) is 16.4. The second-order valence-corrected chi connectivity index (χ2v) is 7.17. The van der Waals surface area contributed by atoms with Gasteiger partial charge in [0, 0.05) is 35.3 Å². The van der Waals surface area contributed by atoms with E-state index in [1.807, 2.05) is 7.05 Å². The van der Waals surface area contributed by atoms with Crippen LogP contribution in [0.25, 0.3) is 6.08 Å². The van der Waals surface area contributed by atoms with Crippen molar-refractivity contribution in [3.05, 3.63) is 60.4 Å². The highest BCUT2D eigenvalue weighted by Gasteiger charge is 2.12. The predicted molar refractivity (Wildman–Crippen MR) is 109 cm³/mol. The number of nitrogens with zero attached hydrogens (tertiary/aromatic N) is 3. The third kappa shape index (κ3) is 6.74. The van der Waals surface area contributed by atoms with E-state index in [1.165, 1.54) is 23.9 Å². The molecule has 3 rings (SSSR count). The van der Waals surface area contributed by atoms with Crippen LogP contribution in [0, 0.1) is 0 Å². The molecule has 0 unspecified atom stereocenters. The van der Waals surface area contributed by atoms with E-state index in [9.17, 15) is 22.4 Å². The molecule has 0 spiro atoms. The molecule has 1 aromatic heterocycles. The van der Waals surface area contributed by atoms with Crippen LogP contribution in [0.1, 0.15) is 5.56 Å². The first-order valence-electron chi connectivity index (χ1n) is 8.95. The van der Waals surface area contributed by atoms with Crippen LogP contribution in [0.15, 0.2) is 64.9 Å². The minimum Gasteiger partial charge on any atom is -0.435 e. The molecule has 0 aliphatic carbocycles. The zero-order valence-corrected chi connectivity index (χ0v) is 17.2. The highest BCUT2D eigenvalue weighted by Crippen LogP contribution is 2.29. The van der Waals surface area contributed by atoms with Crippen molar-refractivity contribution in [2.45, 2.75) is 23.3 Å². The number of benzene rings is 2. The Morgan fingerprint density at radius 2 is 1.81 bits per heavy atom. The van der Waals surface area contributed by atoms with Crippen LogP contribution in [-0.4, -0.2) is 33.9 Å². The molecule has 3 aromatic rings. The third-order valence-corrected chi connectivity index (χ3v) is 4.90. The van der Waals surface area contributed by atoms with Crippen molar-refractivity contribution in [3.8, 4) is 11.5 Å². The fourth-order valence-electron chi connectivity index (χ4n) is 2.45. The molecule has 0 aliphatic rings. The van der Waals surface area contributed by atoms with Crippen LogP contribution in [0.2, 0.25) is 0 Å². The number of carbonyl (C=O) groups is 1. The van der Waals surface area contributed by atoms with Gasteiger partial charge in [-0.25, -0.2) is 0 Å². The summed E-state index contributed by atoms with van der Waals surface area (Å²) in [6.45, 7) is -6.30. The van der Waals surface area contributed by atoms with Gasteiger partial charge in [-0.1, -0.05) is 0 Å². The van der Waals surface area contributed by atoms with E-state index < -0.39 is 24.9 Å². The quantitative estimate of drug-likeness (QED) is 0.358. The van der Waals surface area contributed by atoms with E-state index in [0.717, 1.165) is 23.1 Å². The van der Waals surface area contributed by atoms with Crippen molar-refractivity contribution < 1.29 is 31.8 Å². The number of hydrogen-bond donors (Lipinski definition) is 1. The Kier molecular flexibility index (Phi) is 7.71. The summed E-state index contributed by atoms with van der Waals surface area (Å²) in [7, 11) is 1.82. The van der Waals surface area contributed by atoms with Gasteiger partial charge in [0.15, 0.2) is 5.16 Å². The van der Waals surface area contributed by atoms with Gasteiger partial charge in [-0.3, -0.25) is 4.79 Å². The number of alkyl halides is 4. The molecule has 1 heterocycles. The molecule has 0 atom stereocenters. The van der Waals surface area contributed by atoms with Crippen molar-refractivity contribution >= 4 is 29.4 Å². The second kappa shape index (κ2) is 10.7. The van der Waals surface area contributed by atoms with Gasteiger partial charge in [-0.15, -0.1) is 10.2 Å². The zero-order chi connectivity index (χ0) is 23.1. The number of nitrogens with one attached hydrogen (secondary N) is 1. The molecule has 7 nitrogen and oxygen atoms in total. The molecule has 32 heavy (non-hydrogen) atoms. The molecule has 1 amide bonds. The Bertz CT molecular complexity index is 1090. The summed E-state index contributed by atoms with van der Waals surface area (Å²) in [5, 5.41) is 11.1. The second-order valence-electron chi connectivity index (χ2n) is 6.13. The SMILES string of the molecule is Cn1cnnc1Sc1ccc(NC(=O)/C=C/c2ccc(OC(F)F)cc2OC(F)F)cc1. The summed E-state index contributed by atoms with van der Waals surface area (Å²) < 4.78 is 60.2. The van der Waals surface area contributed by atoms with Crippen molar-refractivity contribution in [2.75, 3.05) is 5.32 Å². The average molecular weight is 468 g/mol. The predicted octanol–water partition coefficient (Wildman–Crippen LogP) is 4.82. The van der Waals surface area contributed by atoms with Gasteiger partial charge in [0.25, 0.3) is 0 Å². The number of anilines is 1. The van der Waals surface area contributed by atoms with Crippen LogP contribution in [-0.2, 0) is 11.8 Å². The number of aromatic nitrogens is 3. The van der Waals surface area contributed by atoms with Crippen LogP contribution >= 0.6 is 11.8 Å². The molecule has 1 N–H and O–H groups in total. The lowest BCUT2D eigenvalue weighted by Crippen LogP contribution is -2.08. The van der Waals surface area contributed by atoms with Crippen molar-refractivity contribution in [2.24, 2.45) is 7.05 Å². The van der Waals surface area contributed by atoms with E-state index >= 15 is 0 Å². The van der Waals surface area contributed by atoms with E-state index in [4.69, 9.17) is 0 Å². The maximum atomic E-state index is 12.6. The summed E-state index contributed by atoms with van der Waals surface area (Å²) in [6.07, 6.45) is 3.90. The Morgan fingerprint density at radius 3 is 2.44 bits per heavy atom. The summed E-state index contributed by atoms with van der Waals surface area (Å²) in [5.41, 5.74) is 0.587. The van der Waals surface area contributed by atoms with Crippen LogP contribution in [0.3, 0.4) is 0 Å². The highest BCUT2D eigenvalue weighted by molar-refractivity contribution is 7.99. The summed E-state index contributed by atoms with van der Waals surface area (Å²) >= 11 is 1.40. The molecule has 0 fully saturated rings. The minimum atomic E-state index is -3.18. The topological polar surface area (TPSA) is 78.3 Å². The molecule has 0 saturated heterocycles. The normalized spacial score (nSPS) is 11.3. The summed E-state index contributed by atoms with van der Waals surface area (Å²) in [5.74, 6) is -1.29. The fraction of sp³-hybridized carbons (Fsp3) is 0.150. The monoisotopic (exact) mass is 468 g/mol. The largest absolute Gasteiger partial charge is 0.435 e. The number of carbonyl (C=O) groups excluding carboxylic acids is 1. The molecule has 0 radical (unpaired) electrons. The Labute approximate surface area is 184 Å². The number of rotatable bonds is 9. The number of hydrogen-bond acceptors (Lipinski definition) is 6. The summed E-state index contributed by atoms with van der Waals surface area (Å²) in [4.78, 5) is 13.1. The average Bonchev–Trinajstić information content (AvgIpc) is 3.12. The van der Waals surface area contributed by atoms with E-state index in [0.29, 0.717) is 10.8 Å². The first kappa shape index (κ1) is 23.1. The van der Waals surface area contributed by atoms with Crippen molar-refractivity contribution in [1.82, 2.24) is 14.8 Å². The number of amides is 1. The van der Waals surface area contributed by atoms with Gasteiger partial charge in [-0.2, -0.15) is 17.6 Å². The van der Waals surface area contributed by atoms with Crippen LogP contribution in [0.4, 0.5) is 23.2 Å². The lowest BCUT2D eigenvalue weighted by molar-refractivity contribution is -0.111. The smallest absolute Gasteiger partial charge is 0.387 e. The fourth-order valence-corrected chi connectivity index (χ4v) is 3.21. The third-order valence-electron chi connectivity index (χ3n) is 3.84. The standard InChI is InChI=1S/C20H16F4N4O3S/c1-28-11-25-27-20(28)32-15-7-4-13(5-8-15)26-17(29)9-3-12-2-6-14(30-18(21)22)10-16(12)31-19(23)24/h2-11,18-19H,1H3,(H,26,29)/b9-3+. The Hall–Kier alpha value is -3.54. The molecule has 12 heteroatoms. The van der Waals surface area contributed by atoms with Gasteiger partial charge in [0.2, 0.25) is 5.91 Å². The molecule has 2 aromatic carbocycles. The lowest BCUT2D eigenvalue weighted by atomic mass is 10.1. The minimum absolute atomic E-state index is 0.0810. The number of ether oxygens (including phenoxy) is 2. The van der Waals surface area contributed by atoms with Gasteiger partial charge >= 0.3 is 13.2 Å². The van der Waals surface area contributed by atoms with Crippen LogP contribution < -0.4 is 14.8 Å². The summed E-state index contributed by atoms with van der Waals surface area (Å²) in [6, 6.07) is 10.2. The van der Waals surface area contributed by atoms with E-state index in [2.05, 4.69) is 25.0 Å². The maximum Gasteiger partial charge on any atom is 0.387 e. The molecular formula is C20H16F4N4O3S. The molecule has 0 aliphatic heterocycles. The first-order valence-corrected chi connectivity index (χ1v) is 9.76. The number of aryl methyl sites for hydroxylation is 1. The van der Waals surface area contributed by atoms with Gasteiger partial charge in [0.1, 0.15) is 17.8 Å². The molecule has 0 bridgehead atoms. The van der Waals surface area contributed by atoms with Crippen LogP contribution in [0.5, 0.6) is 11.5 Å². The number of halogens is 4. The van der Waals surface area contributed by atoms with E-state index in [1.54, 1.807) is 35.2 Å². The van der Waals surface area contributed by atoms with Crippen molar-refractivity contribution in [3.63, 3.8) is 0 Å². The van der Waals surface area contributed by atoms with E-state index in [-0.39, 0.29) is 11.3 Å². The molecule has 168 valence electrons. The first-order chi connectivity index (χ1) is 15.3. The lowest BCUT2D eigenvalue weighted by Gasteiger charge is -2.11. The van der Waals surface area contributed by atoms with Gasteiger partial charge < -0.3 is 19.4 Å². The molecule has 0 saturated carbocycles. The maximum absolute atomic E-state index is 12.6. The molecular weight excluding hydrogens is 452 g/mol. The Balaban J connectivity index is 1.65. The Morgan fingerprint density at radius 1 is 1.09 bits per heavy atom.